The zero-order valence-corrected chi connectivity index (χ0v) is 9.49. The fourth-order valence-corrected chi connectivity index (χ4v) is 1.80. The average molecular weight is 212 g/mol. The van der Waals surface area contributed by atoms with Crippen LogP contribution in [0.2, 0.25) is 0 Å². The van der Waals surface area contributed by atoms with E-state index >= 15 is 0 Å². The van der Waals surface area contributed by atoms with Crippen molar-refractivity contribution in [2.45, 2.75) is 26.7 Å². The van der Waals surface area contributed by atoms with E-state index < -0.39 is 0 Å². The Morgan fingerprint density at radius 2 is 2.43 bits per heavy atom. The second-order valence-corrected chi connectivity index (χ2v) is 4.24. The number of thiazole rings is 1. The molecule has 0 aliphatic rings. The standard InChI is InChI=1S/C10H16N2OS/c1-3-11-5-4-10(13)6-9-7-14-8(2)12-9/h7,11H,3-6H2,1-2H3. The molecule has 1 N–H and O–H groups in total. The molecule has 0 aliphatic heterocycles. The monoisotopic (exact) mass is 212 g/mol. The minimum absolute atomic E-state index is 0.260. The zero-order valence-electron chi connectivity index (χ0n) is 8.67. The smallest absolute Gasteiger partial charge is 0.140 e. The molecule has 0 bridgehead atoms. The summed E-state index contributed by atoms with van der Waals surface area (Å²) in [7, 11) is 0. The Balaban J connectivity index is 2.27. The van der Waals surface area contributed by atoms with Crippen LogP contribution in [0.5, 0.6) is 0 Å². The minimum Gasteiger partial charge on any atom is -0.317 e. The maximum absolute atomic E-state index is 11.4. The summed E-state index contributed by atoms with van der Waals surface area (Å²) in [6.45, 7) is 5.69. The van der Waals surface area contributed by atoms with E-state index in [1.165, 1.54) is 0 Å². The molecule has 1 rings (SSSR count). The van der Waals surface area contributed by atoms with E-state index in [0.29, 0.717) is 12.8 Å². The lowest BCUT2D eigenvalue weighted by molar-refractivity contribution is -0.118. The van der Waals surface area contributed by atoms with Crippen molar-refractivity contribution in [2.75, 3.05) is 13.1 Å². The third-order valence-electron chi connectivity index (χ3n) is 1.88. The third-order valence-corrected chi connectivity index (χ3v) is 2.70. The van der Waals surface area contributed by atoms with Gasteiger partial charge in [0.05, 0.1) is 10.7 Å². The molecule has 0 fully saturated rings. The summed E-state index contributed by atoms with van der Waals surface area (Å²) in [5.41, 5.74) is 0.911. The molecule has 78 valence electrons. The number of nitrogens with one attached hydrogen (secondary N) is 1. The summed E-state index contributed by atoms with van der Waals surface area (Å²) in [6, 6.07) is 0. The minimum atomic E-state index is 0.260. The van der Waals surface area contributed by atoms with Gasteiger partial charge in [-0.2, -0.15) is 0 Å². The summed E-state index contributed by atoms with van der Waals surface area (Å²) < 4.78 is 0. The maximum atomic E-state index is 11.4. The van der Waals surface area contributed by atoms with Gasteiger partial charge < -0.3 is 5.32 Å². The number of nitrogens with zero attached hydrogens (tertiary/aromatic N) is 1. The van der Waals surface area contributed by atoms with E-state index in [9.17, 15) is 4.79 Å². The van der Waals surface area contributed by atoms with Crippen molar-refractivity contribution in [3.8, 4) is 0 Å². The number of carbonyl (C=O) groups is 1. The van der Waals surface area contributed by atoms with Crippen LogP contribution < -0.4 is 5.32 Å². The number of rotatable bonds is 6. The Hall–Kier alpha value is -0.740. The molecule has 1 aromatic heterocycles. The van der Waals surface area contributed by atoms with Crippen molar-refractivity contribution >= 4 is 17.1 Å². The Kier molecular flexibility index (Phi) is 4.76. The largest absolute Gasteiger partial charge is 0.317 e. The molecule has 1 heterocycles. The fraction of sp³-hybridized carbons (Fsp3) is 0.600. The van der Waals surface area contributed by atoms with E-state index in [4.69, 9.17) is 0 Å². The summed E-state index contributed by atoms with van der Waals surface area (Å²) in [6.07, 6.45) is 1.08. The molecule has 0 atom stereocenters. The highest BCUT2D eigenvalue weighted by Crippen LogP contribution is 2.08. The molecular formula is C10H16N2OS. The van der Waals surface area contributed by atoms with E-state index in [1.54, 1.807) is 11.3 Å². The summed E-state index contributed by atoms with van der Waals surface area (Å²) in [5, 5.41) is 6.12. The van der Waals surface area contributed by atoms with Crippen molar-refractivity contribution < 1.29 is 4.79 Å². The Bertz CT molecular complexity index is 296. The number of hydrogen-bond donors (Lipinski definition) is 1. The first-order valence-corrected chi connectivity index (χ1v) is 5.73. The van der Waals surface area contributed by atoms with Crippen LogP contribution in [0.25, 0.3) is 0 Å². The third kappa shape index (κ3) is 3.98. The van der Waals surface area contributed by atoms with Crippen molar-refractivity contribution in [3.05, 3.63) is 16.1 Å². The first-order chi connectivity index (χ1) is 6.72. The van der Waals surface area contributed by atoms with E-state index in [2.05, 4.69) is 10.3 Å². The molecule has 0 saturated carbocycles. The molecule has 0 radical (unpaired) electrons. The number of hydrogen-bond acceptors (Lipinski definition) is 4. The Morgan fingerprint density at radius 1 is 1.64 bits per heavy atom. The highest BCUT2D eigenvalue weighted by molar-refractivity contribution is 7.09. The van der Waals surface area contributed by atoms with E-state index in [0.717, 1.165) is 23.8 Å². The van der Waals surface area contributed by atoms with Crippen LogP contribution in [0.4, 0.5) is 0 Å². The van der Waals surface area contributed by atoms with E-state index in [1.807, 2.05) is 19.2 Å². The molecule has 1 aromatic rings. The summed E-state index contributed by atoms with van der Waals surface area (Å²) in [5.74, 6) is 0.260. The topological polar surface area (TPSA) is 42.0 Å². The lowest BCUT2D eigenvalue weighted by atomic mass is 10.2. The van der Waals surface area contributed by atoms with Crippen LogP contribution in [0.15, 0.2) is 5.38 Å². The number of aromatic nitrogens is 1. The van der Waals surface area contributed by atoms with Gasteiger partial charge in [0.2, 0.25) is 0 Å². The molecule has 0 aromatic carbocycles. The van der Waals surface area contributed by atoms with Crippen LogP contribution in [0, 0.1) is 6.92 Å². The summed E-state index contributed by atoms with van der Waals surface area (Å²) >= 11 is 1.60. The fourth-order valence-electron chi connectivity index (χ4n) is 1.18. The van der Waals surface area contributed by atoms with Crippen molar-refractivity contribution in [1.29, 1.82) is 0 Å². The second kappa shape index (κ2) is 5.88. The number of carbonyl (C=O) groups excluding carboxylic acids is 1. The predicted molar refractivity (Wildman–Crippen MR) is 58.7 cm³/mol. The molecule has 4 heteroatoms. The van der Waals surface area contributed by atoms with Gasteiger partial charge in [0.15, 0.2) is 0 Å². The zero-order chi connectivity index (χ0) is 10.4. The van der Waals surface area contributed by atoms with Gasteiger partial charge in [-0.3, -0.25) is 4.79 Å². The highest BCUT2D eigenvalue weighted by Gasteiger charge is 2.05. The van der Waals surface area contributed by atoms with Gasteiger partial charge in [-0.15, -0.1) is 11.3 Å². The quantitative estimate of drug-likeness (QED) is 0.728. The van der Waals surface area contributed by atoms with Gasteiger partial charge in [0, 0.05) is 24.8 Å². The highest BCUT2D eigenvalue weighted by atomic mass is 32.1. The van der Waals surface area contributed by atoms with Gasteiger partial charge in [0.25, 0.3) is 0 Å². The first kappa shape index (κ1) is 11.3. The van der Waals surface area contributed by atoms with Gasteiger partial charge in [-0.05, 0) is 13.5 Å². The molecule has 3 nitrogen and oxygen atoms in total. The molecule has 0 spiro atoms. The van der Waals surface area contributed by atoms with Crippen LogP contribution in [0.1, 0.15) is 24.0 Å². The molecule has 0 saturated heterocycles. The van der Waals surface area contributed by atoms with Crippen LogP contribution in [0.3, 0.4) is 0 Å². The van der Waals surface area contributed by atoms with Crippen LogP contribution in [-0.2, 0) is 11.2 Å². The lowest BCUT2D eigenvalue weighted by Gasteiger charge is -1.99. The van der Waals surface area contributed by atoms with Crippen molar-refractivity contribution in [3.63, 3.8) is 0 Å². The normalized spacial score (nSPS) is 10.4. The van der Waals surface area contributed by atoms with Crippen LogP contribution in [-0.4, -0.2) is 23.9 Å². The number of aryl methyl sites for hydroxylation is 1. The lowest BCUT2D eigenvalue weighted by Crippen LogP contribution is -2.18. The molecule has 0 amide bonds. The average Bonchev–Trinajstić information content (AvgIpc) is 2.52. The Morgan fingerprint density at radius 3 is 3.00 bits per heavy atom. The van der Waals surface area contributed by atoms with Gasteiger partial charge in [-0.1, -0.05) is 6.92 Å². The maximum Gasteiger partial charge on any atom is 0.140 e. The summed E-state index contributed by atoms with van der Waals surface area (Å²) in [4.78, 5) is 15.7. The number of Topliss-reactive ketones (excluding diaryl/α,β-unsaturated/α-hetero) is 1. The van der Waals surface area contributed by atoms with Crippen molar-refractivity contribution in [2.24, 2.45) is 0 Å². The van der Waals surface area contributed by atoms with Crippen LogP contribution >= 0.6 is 11.3 Å². The first-order valence-electron chi connectivity index (χ1n) is 4.85. The molecule has 14 heavy (non-hydrogen) atoms. The van der Waals surface area contributed by atoms with Gasteiger partial charge >= 0.3 is 0 Å². The second-order valence-electron chi connectivity index (χ2n) is 3.18. The van der Waals surface area contributed by atoms with E-state index in [-0.39, 0.29) is 5.78 Å². The molecule has 0 aliphatic carbocycles. The predicted octanol–water partition coefficient (Wildman–Crippen LogP) is 1.56. The SMILES string of the molecule is CCNCCC(=O)Cc1csc(C)n1. The van der Waals surface area contributed by atoms with Crippen molar-refractivity contribution in [1.82, 2.24) is 10.3 Å². The number of ketones is 1. The molecule has 0 unspecified atom stereocenters. The van der Waals surface area contributed by atoms with Gasteiger partial charge in [-0.25, -0.2) is 4.98 Å². The molecular weight excluding hydrogens is 196 g/mol. The Labute approximate surface area is 88.6 Å². The van der Waals surface area contributed by atoms with Gasteiger partial charge in [0.1, 0.15) is 5.78 Å².